The average Bonchev–Trinajstić information content (AvgIpc) is 2.25. The molecule has 0 spiro atoms. The van der Waals surface area contributed by atoms with Crippen molar-refractivity contribution in [1.29, 1.82) is 0 Å². The van der Waals surface area contributed by atoms with Crippen molar-refractivity contribution in [2.24, 2.45) is 0 Å². The van der Waals surface area contributed by atoms with E-state index in [-0.39, 0.29) is 17.0 Å². The number of thioether (sulfide) groups is 1. The minimum absolute atomic E-state index is 0.117. The zero-order valence-corrected chi connectivity index (χ0v) is 10.0. The summed E-state index contributed by atoms with van der Waals surface area (Å²) < 4.78 is 0. The molecule has 1 aromatic carbocycles. The molecular formula is C11H13NO3S. The van der Waals surface area contributed by atoms with Gasteiger partial charge in [0.1, 0.15) is 0 Å². The minimum Gasteiger partial charge on any atom is -0.294 e. The van der Waals surface area contributed by atoms with Gasteiger partial charge in [-0.15, -0.1) is 11.8 Å². The molecule has 0 unspecified atom stereocenters. The van der Waals surface area contributed by atoms with E-state index in [4.69, 9.17) is 0 Å². The molecule has 1 rings (SSSR count). The third-order valence-electron chi connectivity index (χ3n) is 2.02. The van der Waals surface area contributed by atoms with Gasteiger partial charge in [0, 0.05) is 11.0 Å². The van der Waals surface area contributed by atoms with Crippen LogP contribution in [-0.2, 0) is 0 Å². The van der Waals surface area contributed by atoms with Crippen LogP contribution in [0.4, 0.5) is 5.69 Å². The van der Waals surface area contributed by atoms with Crippen molar-refractivity contribution in [3.63, 3.8) is 0 Å². The SMILES string of the molecule is CCCSc1ccc([N+](=O)[O-])c(C(C)=O)c1. The van der Waals surface area contributed by atoms with Crippen LogP contribution >= 0.6 is 11.8 Å². The fourth-order valence-corrected chi connectivity index (χ4v) is 2.07. The molecular weight excluding hydrogens is 226 g/mol. The van der Waals surface area contributed by atoms with Gasteiger partial charge in [0.15, 0.2) is 5.78 Å². The highest BCUT2D eigenvalue weighted by Crippen LogP contribution is 2.26. The van der Waals surface area contributed by atoms with Crippen LogP contribution in [0.2, 0.25) is 0 Å². The van der Waals surface area contributed by atoms with Gasteiger partial charge in [0.2, 0.25) is 0 Å². The lowest BCUT2D eigenvalue weighted by molar-refractivity contribution is -0.385. The number of nitrogens with zero attached hydrogens (tertiary/aromatic N) is 1. The third-order valence-corrected chi connectivity index (χ3v) is 3.22. The maximum absolute atomic E-state index is 11.3. The number of Topliss-reactive ketones (excluding diaryl/α,β-unsaturated/α-hetero) is 1. The number of benzene rings is 1. The van der Waals surface area contributed by atoms with Gasteiger partial charge in [-0.1, -0.05) is 6.92 Å². The molecule has 0 aromatic heterocycles. The maximum Gasteiger partial charge on any atom is 0.280 e. The van der Waals surface area contributed by atoms with Crippen molar-refractivity contribution in [2.45, 2.75) is 25.2 Å². The van der Waals surface area contributed by atoms with Crippen LogP contribution in [0.15, 0.2) is 23.1 Å². The van der Waals surface area contributed by atoms with Crippen LogP contribution in [0.25, 0.3) is 0 Å². The molecule has 0 fully saturated rings. The summed E-state index contributed by atoms with van der Waals surface area (Å²) in [5.74, 6) is 0.667. The largest absolute Gasteiger partial charge is 0.294 e. The average molecular weight is 239 g/mol. The van der Waals surface area contributed by atoms with Crippen LogP contribution in [0.3, 0.4) is 0 Å². The Morgan fingerprint density at radius 2 is 2.19 bits per heavy atom. The van der Waals surface area contributed by atoms with Gasteiger partial charge in [-0.05, 0) is 31.2 Å². The Morgan fingerprint density at radius 1 is 1.50 bits per heavy atom. The Labute approximate surface area is 98.2 Å². The molecule has 0 atom stereocenters. The van der Waals surface area contributed by atoms with E-state index in [9.17, 15) is 14.9 Å². The molecule has 0 bridgehead atoms. The minimum atomic E-state index is -0.523. The van der Waals surface area contributed by atoms with Gasteiger partial charge in [0.05, 0.1) is 10.5 Å². The first-order chi connectivity index (χ1) is 7.56. The zero-order valence-electron chi connectivity index (χ0n) is 9.23. The van der Waals surface area contributed by atoms with E-state index < -0.39 is 4.92 Å². The number of carbonyl (C=O) groups excluding carboxylic acids is 1. The first-order valence-corrected chi connectivity index (χ1v) is 5.97. The third kappa shape index (κ3) is 3.06. The van der Waals surface area contributed by atoms with Gasteiger partial charge >= 0.3 is 0 Å². The standard InChI is InChI=1S/C11H13NO3S/c1-3-6-16-9-4-5-11(12(14)15)10(7-9)8(2)13/h4-5,7H,3,6H2,1-2H3. The molecule has 4 nitrogen and oxygen atoms in total. The van der Waals surface area contributed by atoms with Crippen molar-refractivity contribution in [3.8, 4) is 0 Å². The molecule has 5 heteroatoms. The van der Waals surface area contributed by atoms with Crippen molar-refractivity contribution in [2.75, 3.05) is 5.75 Å². The normalized spacial score (nSPS) is 10.1. The fraction of sp³-hybridized carbons (Fsp3) is 0.364. The molecule has 0 N–H and O–H groups in total. The molecule has 0 aliphatic rings. The summed E-state index contributed by atoms with van der Waals surface area (Å²) >= 11 is 1.60. The number of ketones is 1. The topological polar surface area (TPSA) is 60.2 Å². The predicted octanol–water partition coefficient (Wildman–Crippen LogP) is 3.30. The maximum atomic E-state index is 11.3. The monoisotopic (exact) mass is 239 g/mol. The molecule has 0 saturated heterocycles. The number of hydrogen-bond acceptors (Lipinski definition) is 4. The van der Waals surface area contributed by atoms with Crippen LogP contribution < -0.4 is 0 Å². The van der Waals surface area contributed by atoms with Crippen molar-refractivity contribution >= 4 is 23.2 Å². The highest BCUT2D eigenvalue weighted by Gasteiger charge is 2.17. The number of rotatable bonds is 5. The molecule has 0 radical (unpaired) electrons. The van der Waals surface area contributed by atoms with Crippen molar-refractivity contribution in [1.82, 2.24) is 0 Å². The smallest absolute Gasteiger partial charge is 0.280 e. The second-order valence-electron chi connectivity index (χ2n) is 3.34. The van der Waals surface area contributed by atoms with Crippen molar-refractivity contribution in [3.05, 3.63) is 33.9 Å². The molecule has 0 aliphatic heterocycles. The first kappa shape index (κ1) is 12.7. The summed E-state index contributed by atoms with van der Waals surface area (Å²) in [4.78, 5) is 22.4. The quantitative estimate of drug-likeness (QED) is 0.342. The van der Waals surface area contributed by atoms with Gasteiger partial charge in [0.25, 0.3) is 5.69 Å². The molecule has 0 amide bonds. The zero-order chi connectivity index (χ0) is 12.1. The number of carbonyl (C=O) groups is 1. The summed E-state index contributed by atoms with van der Waals surface area (Å²) in [5, 5.41) is 10.7. The van der Waals surface area contributed by atoms with E-state index in [1.165, 1.54) is 13.0 Å². The highest BCUT2D eigenvalue weighted by atomic mass is 32.2. The van der Waals surface area contributed by atoms with E-state index in [1.54, 1.807) is 23.9 Å². The van der Waals surface area contributed by atoms with E-state index >= 15 is 0 Å². The lowest BCUT2D eigenvalue weighted by Gasteiger charge is -2.03. The van der Waals surface area contributed by atoms with Crippen molar-refractivity contribution < 1.29 is 9.72 Å². The lowest BCUT2D eigenvalue weighted by atomic mass is 10.1. The molecule has 0 aliphatic carbocycles. The number of hydrogen-bond donors (Lipinski definition) is 0. The highest BCUT2D eigenvalue weighted by molar-refractivity contribution is 7.99. The fourth-order valence-electron chi connectivity index (χ4n) is 1.27. The first-order valence-electron chi connectivity index (χ1n) is 4.98. The van der Waals surface area contributed by atoms with E-state index in [0.29, 0.717) is 0 Å². The van der Waals surface area contributed by atoms with Gasteiger partial charge < -0.3 is 0 Å². The Balaban J connectivity index is 3.07. The van der Waals surface area contributed by atoms with Crippen LogP contribution in [0, 0.1) is 10.1 Å². The Morgan fingerprint density at radius 3 is 2.69 bits per heavy atom. The summed E-state index contributed by atoms with van der Waals surface area (Å²) in [5.41, 5.74) is 0.0689. The van der Waals surface area contributed by atoms with E-state index in [2.05, 4.69) is 6.92 Å². The van der Waals surface area contributed by atoms with E-state index in [1.807, 2.05) is 0 Å². The molecule has 16 heavy (non-hydrogen) atoms. The Kier molecular flexibility index (Phi) is 4.49. The number of nitro groups is 1. The molecule has 86 valence electrons. The number of nitro benzene ring substituents is 1. The van der Waals surface area contributed by atoms with Crippen LogP contribution in [0.5, 0.6) is 0 Å². The Bertz CT molecular complexity index is 418. The summed E-state index contributed by atoms with van der Waals surface area (Å²) in [6.45, 7) is 3.40. The van der Waals surface area contributed by atoms with E-state index in [0.717, 1.165) is 17.1 Å². The van der Waals surface area contributed by atoms with Gasteiger partial charge in [-0.3, -0.25) is 14.9 Å². The van der Waals surface area contributed by atoms with Gasteiger partial charge in [-0.25, -0.2) is 0 Å². The summed E-state index contributed by atoms with van der Waals surface area (Å²) in [7, 11) is 0. The van der Waals surface area contributed by atoms with Crippen LogP contribution in [-0.4, -0.2) is 16.5 Å². The molecule has 0 heterocycles. The second kappa shape index (κ2) is 5.65. The Hall–Kier alpha value is -1.36. The lowest BCUT2D eigenvalue weighted by Crippen LogP contribution is -2.00. The molecule has 1 aromatic rings. The predicted molar refractivity (Wildman–Crippen MR) is 64.1 cm³/mol. The van der Waals surface area contributed by atoms with Crippen LogP contribution in [0.1, 0.15) is 30.6 Å². The second-order valence-corrected chi connectivity index (χ2v) is 4.51. The summed E-state index contributed by atoms with van der Waals surface area (Å²) in [6, 6.07) is 4.68. The van der Waals surface area contributed by atoms with Gasteiger partial charge in [-0.2, -0.15) is 0 Å². The molecule has 0 saturated carbocycles. The summed E-state index contributed by atoms with van der Waals surface area (Å²) in [6.07, 6.45) is 1.02.